The van der Waals surface area contributed by atoms with Crippen LogP contribution in [0, 0.1) is 0 Å². The number of hydrogen-bond donors (Lipinski definition) is 2. The van der Waals surface area contributed by atoms with Crippen LogP contribution in [-0.2, 0) is 0 Å². The van der Waals surface area contributed by atoms with Crippen molar-refractivity contribution in [3.63, 3.8) is 0 Å². The van der Waals surface area contributed by atoms with Crippen molar-refractivity contribution in [1.29, 1.82) is 0 Å². The molecule has 4 rings (SSSR count). The molecule has 33 heavy (non-hydrogen) atoms. The van der Waals surface area contributed by atoms with E-state index in [9.17, 15) is 4.79 Å². The topological polar surface area (TPSA) is 103 Å². The molecule has 0 bridgehead atoms. The average molecular weight is 444 g/mol. The quantitative estimate of drug-likeness (QED) is 0.393. The largest absolute Gasteiger partial charge is 0.490 e. The number of carbonyl (C=O) groups is 1. The van der Waals surface area contributed by atoms with Crippen LogP contribution in [0.25, 0.3) is 5.82 Å². The molecule has 0 atom stereocenters. The maximum atomic E-state index is 12.7. The highest BCUT2D eigenvalue weighted by molar-refractivity contribution is 6.04. The van der Waals surface area contributed by atoms with E-state index < -0.39 is 0 Å². The summed E-state index contributed by atoms with van der Waals surface area (Å²) in [6, 6.07) is 14.3. The Morgan fingerprint density at radius 1 is 0.939 bits per heavy atom. The van der Waals surface area contributed by atoms with Gasteiger partial charge in [-0.1, -0.05) is 0 Å². The first-order valence-corrected chi connectivity index (χ1v) is 10.5. The second-order valence-electron chi connectivity index (χ2n) is 6.92. The molecule has 0 saturated heterocycles. The van der Waals surface area contributed by atoms with Gasteiger partial charge < -0.3 is 20.1 Å². The van der Waals surface area contributed by atoms with Crippen LogP contribution in [0.3, 0.4) is 0 Å². The molecule has 2 aromatic carbocycles. The van der Waals surface area contributed by atoms with E-state index in [4.69, 9.17) is 9.47 Å². The second kappa shape index (κ2) is 10.3. The van der Waals surface area contributed by atoms with E-state index in [1.165, 1.54) is 6.33 Å². The number of carbonyl (C=O) groups excluding carboxylic acids is 1. The lowest BCUT2D eigenvalue weighted by Crippen LogP contribution is -2.12. The molecule has 1 amide bonds. The fraction of sp³-hybridized carbons (Fsp3) is 0.167. The van der Waals surface area contributed by atoms with E-state index in [1.54, 1.807) is 35.3 Å². The van der Waals surface area contributed by atoms with Gasteiger partial charge in [0.1, 0.15) is 24.3 Å². The second-order valence-corrected chi connectivity index (χ2v) is 6.92. The molecule has 0 aliphatic carbocycles. The van der Waals surface area contributed by atoms with E-state index in [2.05, 4.69) is 25.6 Å². The van der Waals surface area contributed by atoms with Gasteiger partial charge in [0.25, 0.3) is 5.91 Å². The Hall–Kier alpha value is -4.40. The third kappa shape index (κ3) is 5.45. The van der Waals surface area contributed by atoms with Crippen molar-refractivity contribution in [3.05, 3.63) is 79.1 Å². The van der Waals surface area contributed by atoms with Crippen LogP contribution in [0.4, 0.5) is 17.2 Å². The monoisotopic (exact) mass is 444 g/mol. The molecule has 4 aromatic rings. The smallest absolute Gasteiger partial charge is 0.255 e. The van der Waals surface area contributed by atoms with Gasteiger partial charge in [0.2, 0.25) is 0 Å². The summed E-state index contributed by atoms with van der Waals surface area (Å²) in [7, 11) is 0. The van der Waals surface area contributed by atoms with Gasteiger partial charge in [-0.3, -0.25) is 9.36 Å². The highest BCUT2D eigenvalue weighted by Crippen LogP contribution is 2.29. The Labute approximate surface area is 191 Å². The van der Waals surface area contributed by atoms with Crippen molar-refractivity contribution in [2.45, 2.75) is 13.8 Å². The van der Waals surface area contributed by atoms with Gasteiger partial charge in [-0.15, -0.1) is 0 Å². The van der Waals surface area contributed by atoms with Crippen LogP contribution in [-0.4, -0.2) is 38.6 Å². The summed E-state index contributed by atoms with van der Waals surface area (Å²) in [6.45, 7) is 4.79. The van der Waals surface area contributed by atoms with Crippen molar-refractivity contribution in [2.75, 3.05) is 23.8 Å². The molecule has 0 aliphatic rings. The summed E-state index contributed by atoms with van der Waals surface area (Å²) in [5, 5.41) is 6.13. The minimum absolute atomic E-state index is 0.236. The summed E-state index contributed by atoms with van der Waals surface area (Å²) in [4.78, 5) is 25.2. The van der Waals surface area contributed by atoms with Crippen LogP contribution in [0.1, 0.15) is 24.2 Å². The SMILES string of the molecule is CCOc1ccc(C(=O)Nc2ccc(Nc3cc(-n4ccnc4)ncn3)cc2)cc1OCC. The highest BCUT2D eigenvalue weighted by atomic mass is 16.5. The van der Waals surface area contributed by atoms with Crippen LogP contribution in [0.15, 0.2) is 73.6 Å². The Balaban J connectivity index is 1.42. The summed E-state index contributed by atoms with van der Waals surface area (Å²) in [5.41, 5.74) is 1.97. The van der Waals surface area contributed by atoms with Gasteiger partial charge in [-0.25, -0.2) is 15.0 Å². The average Bonchev–Trinajstić information content (AvgIpc) is 3.37. The van der Waals surface area contributed by atoms with Crippen molar-refractivity contribution < 1.29 is 14.3 Å². The lowest BCUT2D eigenvalue weighted by atomic mass is 10.1. The normalized spacial score (nSPS) is 10.5. The molecule has 0 unspecified atom stereocenters. The van der Waals surface area contributed by atoms with Crippen LogP contribution in [0.5, 0.6) is 11.5 Å². The maximum Gasteiger partial charge on any atom is 0.255 e. The number of anilines is 3. The fourth-order valence-electron chi connectivity index (χ4n) is 3.13. The fourth-order valence-corrected chi connectivity index (χ4v) is 3.13. The zero-order valence-corrected chi connectivity index (χ0v) is 18.4. The van der Waals surface area contributed by atoms with Crippen LogP contribution < -0.4 is 20.1 Å². The Morgan fingerprint density at radius 2 is 1.70 bits per heavy atom. The number of amides is 1. The molecule has 168 valence electrons. The first kappa shape index (κ1) is 21.8. The van der Waals surface area contributed by atoms with Gasteiger partial charge in [-0.2, -0.15) is 0 Å². The van der Waals surface area contributed by atoms with E-state index in [-0.39, 0.29) is 5.91 Å². The molecule has 0 fully saturated rings. The predicted octanol–water partition coefficient (Wildman–Crippen LogP) is 4.46. The van der Waals surface area contributed by atoms with Gasteiger partial charge in [0.15, 0.2) is 11.5 Å². The Morgan fingerprint density at radius 3 is 2.42 bits per heavy atom. The molecule has 9 nitrogen and oxygen atoms in total. The molecule has 9 heteroatoms. The molecule has 0 saturated carbocycles. The van der Waals surface area contributed by atoms with Gasteiger partial charge in [0.05, 0.1) is 13.2 Å². The number of benzene rings is 2. The van der Waals surface area contributed by atoms with Crippen LogP contribution in [0.2, 0.25) is 0 Å². The maximum absolute atomic E-state index is 12.7. The molecular weight excluding hydrogens is 420 g/mol. The standard InChI is InChI=1S/C24H24N6O3/c1-3-32-20-10-5-17(13-21(20)33-4-2)24(31)29-19-8-6-18(7-9-19)28-22-14-23(27-15-26-22)30-12-11-25-16-30/h5-16H,3-4H2,1-2H3,(H,29,31)(H,26,27,28). The minimum Gasteiger partial charge on any atom is -0.490 e. The lowest BCUT2D eigenvalue weighted by molar-refractivity contribution is 0.102. The third-order valence-corrected chi connectivity index (χ3v) is 4.64. The third-order valence-electron chi connectivity index (χ3n) is 4.64. The number of nitrogens with one attached hydrogen (secondary N) is 2. The molecule has 2 N–H and O–H groups in total. The number of nitrogens with zero attached hydrogens (tertiary/aromatic N) is 4. The van der Waals surface area contributed by atoms with Gasteiger partial charge >= 0.3 is 0 Å². The Bertz CT molecular complexity index is 1210. The Kier molecular flexibility index (Phi) is 6.79. The van der Waals surface area contributed by atoms with Gasteiger partial charge in [0, 0.05) is 35.4 Å². The van der Waals surface area contributed by atoms with Crippen LogP contribution >= 0.6 is 0 Å². The van der Waals surface area contributed by atoms with E-state index >= 15 is 0 Å². The van der Waals surface area contributed by atoms with Crippen molar-refractivity contribution in [2.24, 2.45) is 0 Å². The van der Waals surface area contributed by atoms with E-state index in [0.717, 1.165) is 5.69 Å². The number of imidazole rings is 1. The molecule has 0 aliphatic heterocycles. The number of rotatable bonds is 9. The molecule has 0 spiro atoms. The van der Waals surface area contributed by atoms with E-state index in [0.29, 0.717) is 47.6 Å². The zero-order chi connectivity index (χ0) is 23.0. The zero-order valence-electron chi connectivity index (χ0n) is 18.4. The summed E-state index contributed by atoms with van der Waals surface area (Å²) in [6.07, 6.45) is 6.66. The van der Waals surface area contributed by atoms with Crippen molar-refractivity contribution in [1.82, 2.24) is 19.5 Å². The predicted molar refractivity (Wildman–Crippen MR) is 126 cm³/mol. The number of hydrogen-bond acceptors (Lipinski definition) is 7. The molecule has 0 radical (unpaired) electrons. The van der Waals surface area contributed by atoms with E-state index in [1.807, 2.05) is 50.4 Å². The first-order chi connectivity index (χ1) is 16.2. The molecule has 2 aromatic heterocycles. The summed E-state index contributed by atoms with van der Waals surface area (Å²) >= 11 is 0. The molecule has 2 heterocycles. The van der Waals surface area contributed by atoms with Crippen molar-refractivity contribution in [3.8, 4) is 17.3 Å². The minimum atomic E-state index is -0.236. The van der Waals surface area contributed by atoms with Gasteiger partial charge in [-0.05, 0) is 56.3 Å². The lowest BCUT2D eigenvalue weighted by Gasteiger charge is -2.13. The van der Waals surface area contributed by atoms with Crippen molar-refractivity contribution >= 4 is 23.1 Å². The summed E-state index contributed by atoms with van der Waals surface area (Å²) in [5.74, 6) is 2.28. The molecular formula is C24H24N6O3. The number of aromatic nitrogens is 4. The first-order valence-electron chi connectivity index (χ1n) is 10.5. The summed E-state index contributed by atoms with van der Waals surface area (Å²) < 4.78 is 13.0. The highest BCUT2D eigenvalue weighted by Gasteiger charge is 2.12. The number of ether oxygens (including phenoxy) is 2.